The van der Waals surface area contributed by atoms with Crippen molar-refractivity contribution < 1.29 is 4.79 Å². The topological polar surface area (TPSA) is 71.2 Å². The van der Waals surface area contributed by atoms with Crippen molar-refractivity contribution in [3.63, 3.8) is 0 Å². The Bertz CT molecular complexity index is 365. The maximum atomic E-state index is 11.7. The van der Waals surface area contributed by atoms with Gasteiger partial charge in [-0.15, -0.1) is 0 Å². The Hall–Kier alpha value is -1.62. The van der Waals surface area contributed by atoms with E-state index in [1.54, 1.807) is 12.1 Å². The van der Waals surface area contributed by atoms with E-state index < -0.39 is 0 Å². The molecule has 3 N–H and O–H groups in total. The van der Waals surface area contributed by atoms with E-state index in [9.17, 15) is 4.79 Å². The first-order valence-corrected chi connectivity index (χ1v) is 5.17. The van der Waals surface area contributed by atoms with Crippen molar-refractivity contribution >= 4 is 11.6 Å². The Morgan fingerprint density at radius 1 is 1.62 bits per heavy atom. The molecule has 0 bridgehead atoms. The van der Waals surface area contributed by atoms with Gasteiger partial charge in [-0.25, -0.2) is 0 Å². The number of rotatable bonds is 4. The average molecular weight is 222 g/mol. The van der Waals surface area contributed by atoms with Crippen LogP contribution in [0.4, 0.5) is 5.69 Å². The smallest absolute Gasteiger partial charge is 0.270 e. The van der Waals surface area contributed by atoms with Gasteiger partial charge in [0.1, 0.15) is 5.69 Å². The molecule has 0 spiro atoms. The summed E-state index contributed by atoms with van der Waals surface area (Å²) < 4.78 is 0. The molecule has 1 atom stereocenters. The number of hydrogen-bond acceptors (Lipinski definition) is 4. The summed E-state index contributed by atoms with van der Waals surface area (Å²) in [5.74, 6) is -0.194. The summed E-state index contributed by atoms with van der Waals surface area (Å²) in [5.41, 5.74) is 6.47. The van der Waals surface area contributed by atoms with Crippen molar-refractivity contribution in [3.05, 3.63) is 24.0 Å². The minimum Gasteiger partial charge on any atom is -0.399 e. The Labute approximate surface area is 95.7 Å². The third-order valence-corrected chi connectivity index (χ3v) is 2.46. The van der Waals surface area contributed by atoms with Crippen LogP contribution in [0.25, 0.3) is 0 Å². The van der Waals surface area contributed by atoms with Gasteiger partial charge in [0.05, 0.1) is 0 Å². The zero-order chi connectivity index (χ0) is 12.1. The second-order valence-electron chi connectivity index (χ2n) is 4.00. The molecular weight excluding hydrogens is 204 g/mol. The van der Waals surface area contributed by atoms with Crippen LogP contribution in [0.3, 0.4) is 0 Å². The first kappa shape index (κ1) is 12.4. The van der Waals surface area contributed by atoms with Crippen molar-refractivity contribution in [1.29, 1.82) is 0 Å². The predicted molar refractivity (Wildman–Crippen MR) is 64.1 cm³/mol. The molecule has 1 heterocycles. The quantitative estimate of drug-likeness (QED) is 0.771. The highest BCUT2D eigenvalue weighted by molar-refractivity contribution is 5.92. The fourth-order valence-electron chi connectivity index (χ4n) is 1.08. The first-order valence-electron chi connectivity index (χ1n) is 5.17. The number of hydrogen-bond donors (Lipinski definition) is 2. The molecule has 1 aromatic heterocycles. The van der Waals surface area contributed by atoms with Crippen LogP contribution in [0.1, 0.15) is 17.4 Å². The van der Waals surface area contributed by atoms with Gasteiger partial charge < -0.3 is 16.0 Å². The van der Waals surface area contributed by atoms with Crippen molar-refractivity contribution in [2.24, 2.45) is 0 Å². The van der Waals surface area contributed by atoms with E-state index >= 15 is 0 Å². The van der Waals surface area contributed by atoms with Gasteiger partial charge in [-0.2, -0.15) is 0 Å². The molecule has 0 aliphatic carbocycles. The summed E-state index contributed by atoms with van der Waals surface area (Å²) in [7, 11) is 3.94. The number of aromatic nitrogens is 1. The number of nitrogen functional groups attached to an aromatic ring is 1. The normalized spacial score (nSPS) is 12.5. The lowest BCUT2D eigenvalue weighted by atomic mass is 10.3. The van der Waals surface area contributed by atoms with Gasteiger partial charge in [0, 0.05) is 24.5 Å². The number of carbonyl (C=O) groups is 1. The Morgan fingerprint density at radius 2 is 2.31 bits per heavy atom. The lowest BCUT2D eigenvalue weighted by Gasteiger charge is -2.19. The molecule has 0 saturated heterocycles. The number of carbonyl (C=O) groups excluding carboxylic acids is 1. The highest BCUT2D eigenvalue weighted by Crippen LogP contribution is 2.02. The van der Waals surface area contributed by atoms with Gasteiger partial charge in [0.2, 0.25) is 0 Å². The number of anilines is 1. The maximum Gasteiger partial charge on any atom is 0.270 e. The number of pyridine rings is 1. The summed E-state index contributed by atoms with van der Waals surface area (Å²) in [6.45, 7) is 2.62. The van der Waals surface area contributed by atoms with E-state index in [0.29, 0.717) is 17.9 Å². The molecule has 88 valence electrons. The number of amides is 1. The van der Waals surface area contributed by atoms with Crippen LogP contribution < -0.4 is 11.1 Å². The zero-order valence-corrected chi connectivity index (χ0v) is 9.90. The second kappa shape index (κ2) is 5.46. The van der Waals surface area contributed by atoms with Gasteiger partial charge in [-0.1, -0.05) is 0 Å². The van der Waals surface area contributed by atoms with Crippen LogP contribution in [-0.4, -0.2) is 42.5 Å². The number of nitrogens with zero attached hydrogens (tertiary/aromatic N) is 2. The van der Waals surface area contributed by atoms with Crippen molar-refractivity contribution in [1.82, 2.24) is 15.2 Å². The van der Waals surface area contributed by atoms with Gasteiger partial charge in [-0.05, 0) is 33.2 Å². The lowest BCUT2D eigenvalue weighted by Crippen LogP contribution is -2.38. The summed E-state index contributed by atoms with van der Waals surface area (Å²) in [4.78, 5) is 17.7. The van der Waals surface area contributed by atoms with Gasteiger partial charge >= 0.3 is 0 Å². The molecular formula is C11H18N4O. The average Bonchev–Trinajstić information content (AvgIpc) is 2.25. The SMILES string of the molecule is CC(CNC(=O)c1cc(N)ccn1)N(C)C. The van der Waals surface area contributed by atoms with Crippen LogP contribution in [0, 0.1) is 0 Å². The van der Waals surface area contributed by atoms with Crippen molar-refractivity contribution in [2.75, 3.05) is 26.4 Å². The van der Waals surface area contributed by atoms with E-state index in [1.165, 1.54) is 6.20 Å². The van der Waals surface area contributed by atoms with Crippen LogP contribution in [0.2, 0.25) is 0 Å². The zero-order valence-electron chi connectivity index (χ0n) is 9.90. The summed E-state index contributed by atoms with van der Waals surface area (Å²) in [6.07, 6.45) is 1.53. The molecule has 1 unspecified atom stereocenters. The molecule has 0 aliphatic heterocycles. The Balaban J connectivity index is 2.53. The summed E-state index contributed by atoms with van der Waals surface area (Å²) in [6, 6.07) is 3.50. The van der Waals surface area contributed by atoms with Crippen LogP contribution >= 0.6 is 0 Å². The van der Waals surface area contributed by atoms with E-state index in [0.717, 1.165) is 0 Å². The highest BCUT2D eigenvalue weighted by Gasteiger charge is 2.10. The molecule has 5 nitrogen and oxygen atoms in total. The highest BCUT2D eigenvalue weighted by atomic mass is 16.1. The third-order valence-electron chi connectivity index (χ3n) is 2.46. The van der Waals surface area contributed by atoms with E-state index in [2.05, 4.69) is 10.3 Å². The molecule has 0 radical (unpaired) electrons. The third kappa shape index (κ3) is 3.51. The molecule has 1 aromatic rings. The number of likely N-dealkylation sites (N-methyl/N-ethyl adjacent to an activating group) is 1. The van der Waals surface area contributed by atoms with Crippen molar-refractivity contribution in [3.8, 4) is 0 Å². The number of nitrogens with two attached hydrogens (primary N) is 1. The second-order valence-corrected chi connectivity index (χ2v) is 4.00. The fraction of sp³-hybridized carbons (Fsp3) is 0.455. The lowest BCUT2D eigenvalue weighted by molar-refractivity contribution is 0.0938. The van der Waals surface area contributed by atoms with Gasteiger partial charge in [0.15, 0.2) is 0 Å². The molecule has 5 heteroatoms. The monoisotopic (exact) mass is 222 g/mol. The molecule has 0 fully saturated rings. The van der Waals surface area contributed by atoms with E-state index in [-0.39, 0.29) is 11.9 Å². The molecule has 1 amide bonds. The maximum absolute atomic E-state index is 11.7. The Morgan fingerprint density at radius 3 is 2.88 bits per heavy atom. The summed E-state index contributed by atoms with van der Waals surface area (Å²) >= 11 is 0. The van der Waals surface area contributed by atoms with Gasteiger partial charge in [0.25, 0.3) is 5.91 Å². The summed E-state index contributed by atoms with van der Waals surface area (Å²) in [5, 5.41) is 2.81. The predicted octanol–water partition coefficient (Wildman–Crippen LogP) is 0.344. The van der Waals surface area contributed by atoms with Crippen LogP contribution in [0.5, 0.6) is 0 Å². The van der Waals surface area contributed by atoms with Crippen molar-refractivity contribution in [2.45, 2.75) is 13.0 Å². The van der Waals surface area contributed by atoms with Gasteiger partial charge in [-0.3, -0.25) is 9.78 Å². The van der Waals surface area contributed by atoms with E-state index in [4.69, 9.17) is 5.73 Å². The minimum atomic E-state index is -0.194. The standard InChI is InChI=1S/C11H18N4O/c1-8(15(2)3)7-14-11(16)10-6-9(12)4-5-13-10/h4-6,8H,7H2,1-3H3,(H2,12,13)(H,14,16). The fourth-order valence-corrected chi connectivity index (χ4v) is 1.08. The molecule has 16 heavy (non-hydrogen) atoms. The number of nitrogens with one attached hydrogen (secondary N) is 1. The Kier molecular flexibility index (Phi) is 4.25. The molecule has 0 aliphatic rings. The molecule has 0 aromatic carbocycles. The molecule has 1 rings (SSSR count). The largest absolute Gasteiger partial charge is 0.399 e. The molecule has 0 saturated carbocycles. The minimum absolute atomic E-state index is 0.194. The van der Waals surface area contributed by atoms with E-state index in [1.807, 2.05) is 25.9 Å². The van der Waals surface area contributed by atoms with Crippen LogP contribution in [-0.2, 0) is 0 Å². The van der Waals surface area contributed by atoms with Crippen LogP contribution in [0.15, 0.2) is 18.3 Å². The first-order chi connectivity index (χ1) is 7.50.